The largest absolute Gasteiger partial charge is 0.508 e. The number of aliphatic imine (C=N–C) groups is 1. The average Bonchev–Trinajstić information content (AvgIpc) is 2.27. The topological polar surface area (TPSA) is 102 Å². The van der Waals surface area contributed by atoms with E-state index in [1.54, 1.807) is 6.07 Å². The van der Waals surface area contributed by atoms with Crippen molar-refractivity contribution in [3.63, 3.8) is 0 Å². The molecule has 5 N–H and O–H groups in total. The Morgan fingerprint density at radius 1 is 1.41 bits per heavy atom. The molecule has 0 saturated carbocycles. The minimum Gasteiger partial charge on any atom is -0.508 e. The normalized spacial score (nSPS) is 9.94. The van der Waals surface area contributed by atoms with Crippen molar-refractivity contribution in [3.05, 3.63) is 29.3 Å². The Kier molecular flexibility index (Phi) is 4.51. The summed E-state index contributed by atoms with van der Waals surface area (Å²) in [5, 5.41) is 9.63. The number of amides is 1. The third-order valence-electron chi connectivity index (χ3n) is 2.36. The summed E-state index contributed by atoms with van der Waals surface area (Å²) in [5.41, 5.74) is 11.4. The van der Waals surface area contributed by atoms with Crippen molar-refractivity contribution in [2.75, 3.05) is 0 Å². The maximum atomic E-state index is 11.6. The third-order valence-corrected chi connectivity index (χ3v) is 2.36. The summed E-state index contributed by atoms with van der Waals surface area (Å²) < 4.78 is 0. The van der Waals surface area contributed by atoms with Crippen LogP contribution < -0.4 is 11.5 Å². The second-order valence-corrected chi connectivity index (χ2v) is 3.79. The van der Waals surface area contributed by atoms with E-state index in [9.17, 15) is 9.90 Å². The Hall–Kier alpha value is -2.04. The van der Waals surface area contributed by atoms with Gasteiger partial charge in [0.2, 0.25) is 0 Å². The first-order valence-corrected chi connectivity index (χ1v) is 5.50. The van der Waals surface area contributed by atoms with Crippen LogP contribution in [0.3, 0.4) is 0 Å². The molecule has 5 nitrogen and oxygen atoms in total. The van der Waals surface area contributed by atoms with Crippen LogP contribution in [-0.4, -0.2) is 17.0 Å². The molecule has 1 aromatic carbocycles. The highest BCUT2D eigenvalue weighted by atomic mass is 16.3. The van der Waals surface area contributed by atoms with Crippen LogP contribution in [0.5, 0.6) is 5.75 Å². The molecule has 0 aromatic heterocycles. The molecule has 92 valence electrons. The van der Waals surface area contributed by atoms with Crippen LogP contribution in [0, 0.1) is 0 Å². The number of hydrogen-bond acceptors (Lipinski definition) is 2. The van der Waals surface area contributed by atoms with E-state index in [4.69, 9.17) is 11.5 Å². The predicted molar refractivity (Wildman–Crippen MR) is 66.9 cm³/mol. The Balaban J connectivity index is 2.95. The molecule has 1 rings (SSSR count). The molecule has 0 spiro atoms. The van der Waals surface area contributed by atoms with Gasteiger partial charge in [0.1, 0.15) is 5.75 Å². The molecule has 0 heterocycles. The molecular formula is C12H17N3O2. The number of nitrogens with zero attached hydrogens (tertiary/aromatic N) is 1. The Morgan fingerprint density at radius 2 is 2.12 bits per heavy atom. The van der Waals surface area contributed by atoms with Gasteiger partial charge in [-0.3, -0.25) is 4.79 Å². The highest BCUT2D eigenvalue weighted by molar-refractivity contribution is 6.02. The number of carbonyl (C=O) groups excluding carboxylic acids is 1. The van der Waals surface area contributed by atoms with Crippen LogP contribution in [-0.2, 0) is 6.42 Å². The fourth-order valence-corrected chi connectivity index (χ4v) is 1.47. The molecule has 1 aromatic rings. The maximum Gasteiger partial charge on any atom is 0.280 e. The molecular weight excluding hydrogens is 218 g/mol. The number of unbranched alkanes of at least 4 members (excludes halogenated alkanes) is 1. The predicted octanol–water partition coefficient (Wildman–Crippen LogP) is 1.15. The lowest BCUT2D eigenvalue weighted by Crippen LogP contribution is -2.24. The standard InChI is InChI=1S/C12H17N3O2/c1-2-3-4-8-7-9(5-6-10(8)16)11(17)15-12(13)14/h5-7,16H,2-4H2,1H3,(H4,13,14,15,17). The van der Waals surface area contributed by atoms with Gasteiger partial charge in [-0.05, 0) is 36.6 Å². The zero-order valence-corrected chi connectivity index (χ0v) is 9.81. The fraction of sp³-hybridized carbons (Fsp3) is 0.333. The van der Waals surface area contributed by atoms with Gasteiger partial charge in [-0.1, -0.05) is 13.3 Å². The number of phenolic OH excluding ortho intramolecular Hbond substituents is 1. The van der Waals surface area contributed by atoms with Gasteiger partial charge in [0, 0.05) is 5.56 Å². The van der Waals surface area contributed by atoms with E-state index in [0.717, 1.165) is 24.8 Å². The molecule has 0 saturated heterocycles. The first kappa shape index (κ1) is 13.0. The lowest BCUT2D eigenvalue weighted by Gasteiger charge is -2.05. The second kappa shape index (κ2) is 5.89. The summed E-state index contributed by atoms with van der Waals surface area (Å²) in [6, 6.07) is 4.61. The molecule has 1 amide bonds. The van der Waals surface area contributed by atoms with Gasteiger partial charge >= 0.3 is 0 Å². The molecule has 0 aliphatic rings. The highest BCUT2D eigenvalue weighted by Gasteiger charge is 2.08. The van der Waals surface area contributed by atoms with Crippen LogP contribution in [0.15, 0.2) is 23.2 Å². The van der Waals surface area contributed by atoms with Gasteiger partial charge in [-0.2, -0.15) is 4.99 Å². The third kappa shape index (κ3) is 3.79. The molecule has 0 radical (unpaired) electrons. The van der Waals surface area contributed by atoms with E-state index in [1.807, 2.05) is 0 Å². The van der Waals surface area contributed by atoms with Crippen molar-refractivity contribution in [3.8, 4) is 5.75 Å². The number of hydrogen-bond donors (Lipinski definition) is 3. The average molecular weight is 235 g/mol. The molecule has 0 atom stereocenters. The van der Waals surface area contributed by atoms with Crippen LogP contribution in [0.1, 0.15) is 35.7 Å². The zero-order valence-electron chi connectivity index (χ0n) is 9.81. The van der Waals surface area contributed by atoms with Crippen LogP contribution in [0.25, 0.3) is 0 Å². The lowest BCUT2D eigenvalue weighted by molar-refractivity contribution is 0.100. The molecule has 5 heteroatoms. The summed E-state index contributed by atoms with van der Waals surface area (Å²) in [5.74, 6) is -0.569. The smallest absolute Gasteiger partial charge is 0.280 e. The Labute approximate surface area is 100 Å². The van der Waals surface area contributed by atoms with Crippen molar-refractivity contribution in [2.45, 2.75) is 26.2 Å². The highest BCUT2D eigenvalue weighted by Crippen LogP contribution is 2.21. The van der Waals surface area contributed by atoms with Crippen molar-refractivity contribution in [2.24, 2.45) is 16.5 Å². The number of rotatable bonds is 4. The molecule has 0 unspecified atom stereocenters. The van der Waals surface area contributed by atoms with Gasteiger partial charge < -0.3 is 16.6 Å². The van der Waals surface area contributed by atoms with Gasteiger partial charge in [0.15, 0.2) is 5.96 Å². The number of aryl methyl sites for hydroxylation is 1. The van der Waals surface area contributed by atoms with E-state index in [1.165, 1.54) is 12.1 Å². The molecule has 0 fully saturated rings. The number of benzene rings is 1. The van der Waals surface area contributed by atoms with Crippen LogP contribution in [0.2, 0.25) is 0 Å². The minimum atomic E-state index is -0.497. The monoisotopic (exact) mass is 235 g/mol. The lowest BCUT2D eigenvalue weighted by atomic mass is 10.0. The number of nitrogens with two attached hydrogens (primary N) is 2. The second-order valence-electron chi connectivity index (χ2n) is 3.79. The first-order chi connectivity index (χ1) is 8.04. The van der Waals surface area contributed by atoms with Gasteiger partial charge in [-0.25, -0.2) is 0 Å². The van der Waals surface area contributed by atoms with E-state index in [0.29, 0.717) is 5.56 Å². The van der Waals surface area contributed by atoms with E-state index in [2.05, 4.69) is 11.9 Å². The van der Waals surface area contributed by atoms with E-state index in [-0.39, 0.29) is 11.7 Å². The molecule has 0 aliphatic heterocycles. The van der Waals surface area contributed by atoms with Gasteiger partial charge in [0.05, 0.1) is 0 Å². The van der Waals surface area contributed by atoms with Crippen molar-refractivity contribution >= 4 is 11.9 Å². The number of guanidine groups is 1. The van der Waals surface area contributed by atoms with Crippen LogP contribution in [0.4, 0.5) is 0 Å². The Morgan fingerprint density at radius 3 is 2.71 bits per heavy atom. The zero-order chi connectivity index (χ0) is 12.8. The SMILES string of the molecule is CCCCc1cc(C(=O)N=C(N)N)ccc1O. The van der Waals surface area contributed by atoms with Crippen molar-refractivity contribution in [1.82, 2.24) is 0 Å². The number of aromatic hydroxyl groups is 1. The number of carbonyl (C=O) groups is 1. The summed E-state index contributed by atoms with van der Waals surface area (Å²) in [7, 11) is 0. The van der Waals surface area contributed by atoms with E-state index < -0.39 is 5.91 Å². The summed E-state index contributed by atoms with van der Waals surface area (Å²) >= 11 is 0. The molecule has 0 bridgehead atoms. The van der Waals surface area contributed by atoms with Crippen LogP contribution >= 0.6 is 0 Å². The quantitative estimate of drug-likeness (QED) is 0.538. The summed E-state index contributed by atoms with van der Waals surface area (Å²) in [4.78, 5) is 15.0. The minimum absolute atomic E-state index is 0.194. The van der Waals surface area contributed by atoms with Crippen molar-refractivity contribution in [1.29, 1.82) is 0 Å². The summed E-state index contributed by atoms with van der Waals surface area (Å²) in [6.07, 6.45) is 2.70. The summed E-state index contributed by atoms with van der Waals surface area (Å²) in [6.45, 7) is 2.06. The van der Waals surface area contributed by atoms with Gasteiger partial charge in [0.25, 0.3) is 5.91 Å². The molecule has 0 aliphatic carbocycles. The fourth-order valence-electron chi connectivity index (χ4n) is 1.47. The van der Waals surface area contributed by atoms with Gasteiger partial charge in [-0.15, -0.1) is 0 Å². The van der Waals surface area contributed by atoms with E-state index >= 15 is 0 Å². The first-order valence-electron chi connectivity index (χ1n) is 5.50. The number of phenols is 1. The van der Waals surface area contributed by atoms with Crippen molar-refractivity contribution < 1.29 is 9.90 Å². The molecule has 17 heavy (non-hydrogen) atoms. The maximum absolute atomic E-state index is 11.6. The Bertz CT molecular complexity index is 437.